The van der Waals surface area contributed by atoms with Gasteiger partial charge >= 0.3 is 5.97 Å². The molecule has 0 spiro atoms. The normalized spacial score (nSPS) is 26.7. The summed E-state index contributed by atoms with van der Waals surface area (Å²) in [6.07, 6.45) is -1.85. The highest BCUT2D eigenvalue weighted by Gasteiger charge is 2.50. The summed E-state index contributed by atoms with van der Waals surface area (Å²) in [6.45, 7) is 5.13. The van der Waals surface area contributed by atoms with E-state index >= 15 is 0 Å². The lowest BCUT2D eigenvalue weighted by Crippen LogP contribution is -2.32. The number of halogens is 2. The summed E-state index contributed by atoms with van der Waals surface area (Å²) in [5, 5.41) is 0. The van der Waals surface area contributed by atoms with E-state index in [0.717, 1.165) is 6.07 Å². The van der Waals surface area contributed by atoms with Gasteiger partial charge in [-0.1, -0.05) is 19.9 Å². The van der Waals surface area contributed by atoms with Crippen LogP contribution < -0.4 is 4.74 Å². The van der Waals surface area contributed by atoms with E-state index < -0.39 is 35.9 Å². The highest BCUT2D eigenvalue weighted by atomic mass is 19.2. The monoisotopic (exact) mass is 344 g/mol. The van der Waals surface area contributed by atoms with Crippen LogP contribution in [0.15, 0.2) is 12.1 Å². The highest BCUT2D eigenvalue weighted by molar-refractivity contribution is 5.66. The van der Waals surface area contributed by atoms with Gasteiger partial charge < -0.3 is 18.9 Å². The molecular formula is C17H22F2O5. The van der Waals surface area contributed by atoms with Crippen molar-refractivity contribution in [1.82, 2.24) is 0 Å². The van der Waals surface area contributed by atoms with Gasteiger partial charge in [0.2, 0.25) is 12.1 Å². The van der Waals surface area contributed by atoms with E-state index in [1.807, 2.05) is 13.8 Å². The van der Waals surface area contributed by atoms with Crippen molar-refractivity contribution >= 4 is 5.97 Å². The van der Waals surface area contributed by atoms with Gasteiger partial charge in [0, 0.05) is 19.6 Å². The number of hydrogen-bond acceptors (Lipinski definition) is 5. The maximum absolute atomic E-state index is 14.1. The van der Waals surface area contributed by atoms with Crippen LogP contribution >= 0.6 is 0 Å². The molecule has 4 atom stereocenters. The van der Waals surface area contributed by atoms with Crippen LogP contribution in [0, 0.1) is 17.6 Å². The SMILES string of the molecule is COc1c([C@H]2C(OC(C)=O)O[C@@H](C(C)C)[C@H]2OC)ccc(F)c1F. The average molecular weight is 344 g/mol. The summed E-state index contributed by atoms with van der Waals surface area (Å²) in [5.74, 6) is -3.48. The summed E-state index contributed by atoms with van der Waals surface area (Å²) in [7, 11) is 2.75. The summed E-state index contributed by atoms with van der Waals surface area (Å²) in [4.78, 5) is 11.4. The first-order valence-electron chi connectivity index (χ1n) is 7.69. The Morgan fingerprint density at radius 3 is 2.42 bits per heavy atom. The molecule has 1 saturated heterocycles. The number of rotatable bonds is 5. The predicted molar refractivity (Wildman–Crippen MR) is 81.7 cm³/mol. The minimum atomic E-state index is -1.10. The minimum Gasteiger partial charge on any atom is -0.493 e. The van der Waals surface area contributed by atoms with E-state index in [4.69, 9.17) is 18.9 Å². The summed E-state index contributed by atoms with van der Waals surface area (Å²) < 4.78 is 49.3. The third-order valence-corrected chi connectivity index (χ3v) is 4.12. The lowest BCUT2D eigenvalue weighted by Gasteiger charge is -2.25. The fourth-order valence-electron chi connectivity index (χ4n) is 3.10. The second-order valence-electron chi connectivity index (χ2n) is 6.03. The second-order valence-corrected chi connectivity index (χ2v) is 6.03. The fourth-order valence-corrected chi connectivity index (χ4v) is 3.10. The number of methoxy groups -OCH3 is 2. The van der Waals surface area contributed by atoms with Crippen LogP contribution in [0.4, 0.5) is 8.78 Å². The van der Waals surface area contributed by atoms with E-state index in [9.17, 15) is 13.6 Å². The van der Waals surface area contributed by atoms with Crippen LogP contribution in [0.2, 0.25) is 0 Å². The first kappa shape index (κ1) is 18.6. The summed E-state index contributed by atoms with van der Waals surface area (Å²) >= 11 is 0. The van der Waals surface area contributed by atoms with Gasteiger partial charge in [-0.3, -0.25) is 4.79 Å². The maximum atomic E-state index is 14.1. The average Bonchev–Trinajstić information content (AvgIpc) is 2.87. The Bertz CT molecular complexity index is 605. The van der Waals surface area contributed by atoms with Crippen molar-refractivity contribution in [3.63, 3.8) is 0 Å². The molecule has 0 aliphatic carbocycles. The number of benzene rings is 1. The van der Waals surface area contributed by atoms with Crippen molar-refractivity contribution in [2.45, 2.75) is 45.2 Å². The molecule has 1 aliphatic heterocycles. The highest BCUT2D eigenvalue weighted by Crippen LogP contribution is 2.44. The van der Waals surface area contributed by atoms with Crippen LogP contribution in [-0.4, -0.2) is 38.7 Å². The van der Waals surface area contributed by atoms with Crippen LogP contribution in [0.5, 0.6) is 5.75 Å². The minimum absolute atomic E-state index is 0.0642. The predicted octanol–water partition coefficient (Wildman–Crippen LogP) is 3.02. The number of hydrogen-bond donors (Lipinski definition) is 0. The van der Waals surface area contributed by atoms with Gasteiger partial charge in [0.15, 0.2) is 11.6 Å². The van der Waals surface area contributed by atoms with Gasteiger partial charge in [-0.05, 0) is 12.0 Å². The smallest absolute Gasteiger partial charge is 0.304 e. The first-order valence-corrected chi connectivity index (χ1v) is 7.69. The third kappa shape index (κ3) is 3.37. The standard InChI is InChI=1S/C17H22F2O5/c1-8(2)14-16(22-5)12(17(24-14)23-9(3)20)10-6-7-11(18)13(19)15(10)21-4/h6-8,12,14,16-17H,1-5H3/t12-,14+,16+,17?/m1/s1. The first-order chi connectivity index (χ1) is 11.3. The second kappa shape index (κ2) is 7.44. The molecule has 0 amide bonds. The summed E-state index contributed by atoms with van der Waals surface area (Å²) in [6, 6.07) is 2.41. The van der Waals surface area contributed by atoms with Crippen molar-refractivity contribution in [2.24, 2.45) is 5.92 Å². The number of esters is 1. The fraction of sp³-hybridized carbons (Fsp3) is 0.588. The van der Waals surface area contributed by atoms with Crippen LogP contribution in [0.25, 0.3) is 0 Å². The van der Waals surface area contributed by atoms with Gasteiger partial charge in [-0.2, -0.15) is 4.39 Å². The van der Waals surface area contributed by atoms with Crippen molar-refractivity contribution < 1.29 is 32.5 Å². The molecule has 0 saturated carbocycles. The Balaban J connectivity index is 2.53. The van der Waals surface area contributed by atoms with E-state index in [2.05, 4.69) is 0 Å². The van der Waals surface area contributed by atoms with Crippen molar-refractivity contribution in [2.75, 3.05) is 14.2 Å². The van der Waals surface area contributed by atoms with E-state index in [1.54, 1.807) is 0 Å². The molecule has 1 fully saturated rings. The van der Waals surface area contributed by atoms with Crippen molar-refractivity contribution in [3.8, 4) is 5.75 Å². The molecule has 7 heteroatoms. The van der Waals surface area contributed by atoms with E-state index in [0.29, 0.717) is 5.56 Å². The molecule has 1 aromatic carbocycles. The zero-order valence-electron chi connectivity index (χ0n) is 14.3. The molecule has 0 aromatic heterocycles. The molecule has 134 valence electrons. The Morgan fingerprint density at radius 1 is 1.25 bits per heavy atom. The Hall–Kier alpha value is -1.73. The molecule has 24 heavy (non-hydrogen) atoms. The Kier molecular flexibility index (Phi) is 5.77. The quantitative estimate of drug-likeness (QED) is 0.769. The molecule has 0 bridgehead atoms. The molecule has 2 rings (SSSR count). The van der Waals surface area contributed by atoms with Crippen LogP contribution in [0.3, 0.4) is 0 Å². The molecule has 1 heterocycles. The maximum Gasteiger partial charge on any atom is 0.304 e. The van der Waals surface area contributed by atoms with E-state index in [1.165, 1.54) is 27.2 Å². The van der Waals surface area contributed by atoms with Crippen LogP contribution in [-0.2, 0) is 19.0 Å². The van der Waals surface area contributed by atoms with Gasteiger partial charge in [-0.25, -0.2) is 4.39 Å². The molecule has 0 radical (unpaired) electrons. The van der Waals surface area contributed by atoms with Crippen molar-refractivity contribution in [1.29, 1.82) is 0 Å². The van der Waals surface area contributed by atoms with E-state index in [-0.39, 0.29) is 17.8 Å². The molecule has 1 aliphatic rings. The van der Waals surface area contributed by atoms with Gasteiger partial charge in [0.05, 0.1) is 25.2 Å². The molecule has 1 unspecified atom stereocenters. The zero-order valence-corrected chi connectivity index (χ0v) is 14.3. The largest absolute Gasteiger partial charge is 0.493 e. The summed E-state index contributed by atoms with van der Waals surface area (Å²) in [5.41, 5.74) is 0.331. The molecular weight excluding hydrogens is 322 g/mol. The molecule has 1 aromatic rings. The number of carbonyl (C=O) groups is 1. The number of carbonyl (C=O) groups excluding carboxylic acids is 1. The van der Waals surface area contributed by atoms with Gasteiger partial charge in [0.1, 0.15) is 0 Å². The van der Waals surface area contributed by atoms with Crippen LogP contribution in [0.1, 0.15) is 32.3 Å². The Morgan fingerprint density at radius 2 is 1.92 bits per heavy atom. The van der Waals surface area contributed by atoms with Crippen molar-refractivity contribution in [3.05, 3.63) is 29.3 Å². The number of ether oxygens (including phenoxy) is 4. The Labute approximate surface area is 139 Å². The van der Waals surface area contributed by atoms with Gasteiger partial charge in [-0.15, -0.1) is 0 Å². The topological polar surface area (TPSA) is 54.0 Å². The zero-order chi connectivity index (χ0) is 18.0. The third-order valence-electron chi connectivity index (χ3n) is 4.12. The molecule has 5 nitrogen and oxygen atoms in total. The molecule has 0 N–H and O–H groups in total. The lowest BCUT2D eigenvalue weighted by atomic mass is 9.88. The van der Waals surface area contributed by atoms with Gasteiger partial charge in [0.25, 0.3) is 0 Å². The lowest BCUT2D eigenvalue weighted by molar-refractivity contribution is -0.177.